The Bertz CT molecular complexity index is 801. The summed E-state index contributed by atoms with van der Waals surface area (Å²) in [5, 5.41) is 16.4. The first kappa shape index (κ1) is 17.4. The summed E-state index contributed by atoms with van der Waals surface area (Å²) in [6, 6.07) is 14.1. The lowest BCUT2D eigenvalue weighted by atomic mass is 10.1. The van der Waals surface area contributed by atoms with Crippen LogP contribution in [0.4, 0.5) is 5.69 Å². The first-order chi connectivity index (χ1) is 11.5. The van der Waals surface area contributed by atoms with Crippen LogP contribution in [0.15, 0.2) is 54.6 Å². The monoisotopic (exact) mass is 339 g/mol. The van der Waals surface area contributed by atoms with Crippen LogP contribution in [0.25, 0.3) is 6.08 Å². The molecule has 0 radical (unpaired) electrons. The van der Waals surface area contributed by atoms with Crippen LogP contribution in [0.2, 0.25) is 0 Å². The van der Waals surface area contributed by atoms with E-state index in [0.717, 1.165) is 5.56 Å². The molecule has 0 aromatic heterocycles. The van der Waals surface area contributed by atoms with Crippen LogP contribution in [0.3, 0.4) is 0 Å². The second kappa shape index (κ2) is 8.03. The summed E-state index contributed by atoms with van der Waals surface area (Å²) in [6.45, 7) is 1.63. The van der Waals surface area contributed by atoms with Crippen molar-refractivity contribution in [1.82, 2.24) is 5.32 Å². The van der Waals surface area contributed by atoms with Crippen molar-refractivity contribution in [2.75, 3.05) is 5.32 Å². The Hall–Kier alpha value is -2.99. The summed E-state index contributed by atoms with van der Waals surface area (Å²) in [7, 11) is 0. The minimum atomic E-state index is -1.27. The molecule has 0 saturated heterocycles. The predicted octanol–water partition coefficient (Wildman–Crippen LogP) is 1.88. The van der Waals surface area contributed by atoms with Crippen molar-refractivity contribution < 1.29 is 14.7 Å². The molecule has 6 heteroatoms. The van der Waals surface area contributed by atoms with Crippen molar-refractivity contribution in [1.29, 1.82) is 0 Å². The molecule has 0 heterocycles. The summed E-state index contributed by atoms with van der Waals surface area (Å²) in [4.78, 5) is 22.9. The van der Waals surface area contributed by atoms with E-state index in [9.17, 15) is 14.7 Å². The van der Waals surface area contributed by atoms with E-state index >= 15 is 0 Å². The van der Waals surface area contributed by atoms with E-state index in [0.29, 0.717) is 11.3 Å². The summed E-state index contributed by atoms with van der Waals surface area (Å²) < 4.78 is 0. The van der Waals surface area contributed by atoms with Crippen molar-refractivity contribution in [3.05, 3.63) is 71.3 Å². The van der Waals surface area contributed by atoms with Crippen LogP contribution in [-0.4, -0.2) is 17.0 Å². The zero-order valence-electron chi connectivity index (χ0n) is 12.9. The van der Waals surface area contributed by atoms with Crippen molar-refractivity contribution in [3.63, 3.8) is 0 Å². The van der Waals surface area contributed by atoms with Crippen molar-refractivity contribution in [2.45, 2.75) is 6.92 Å². The molecule has 1 amide bonds. The van der Waals surface area contributed by atoms with Gasteiger partial charge in [-0.25, -0.2) is 0 Å². The summed E-state index contributed by atoms with van der Waals surface area (Å²) in [5.74, 6) is -1.65. The van der Waals surface area contributed by atoms with Crippen LogP contribution in [0.5, 0.6) is 0 Å². The molecule has 0 aliphatic carbocycles. The Morgan fingerprint density at radius 2 is 1.79 bits per heavy atom. The molecule has 122 valence electrons. The molecule has 0 fully saturated rings. The maximum Gasteiger partial charge on any atom is 0.250 e. The fourth-order valence-electron chi connectivity index (χ4n) is 2.04. The number of hydrogen-bond donors (Lipinski definition) is 2. The molecule has 2 aromatic carbocycles. The molecule has 0 aliphatic rings. The van der Waals surface area contributed by atoms with Gasteiger partial charge < -0.3 is 15.2 Å². The van der Waals surface area contributed by atoms with E-state index in [1.807, 2.05) is 30.3 Å². The largest absolute Gasteiger partial charge is 0.545 e. The number of amides is 1. The Morgan fingerprint density at radius 1 is 1.08 bits per heavy atom. The average Bonchev–Trinajstić information content (AvgIpc) is 2.55. The quantitative estimate of drug-likeness (QED) is 0.657. The van der Waals surface area contributed by atoms with Gasteiger partial charge >= 0.3 is 0 Å². The summed E-state index contributed by atoms with van der Waals surface area (Å²) >= 11 is 5.07. The van der Waals surface area contributed by atoms with Crippen molar-refractivity contribution >= 4 is 41.0 Å². The lowest BCUT2D eigenvalue weighted by Crippen LogP contribution is -2.33. The van der Waals surface area contributed by atoms with Gasteiger partial charge in [0.25, 0.3) is 0 Å². The molecular weight excluding hydrogens is 324 g/mol. The number of carbonyl (C=O) groups is 2. The molecule has 2 N–H and O–H groups in total. The minimum Gasteiger partial charge on any atom is -0.545 e. The normalized spacial score (nSPS) is 10.4. The van der Waals surface area contributed by atoms with Crippen LogP contribution in [0.1, 0.15) is 21.5 Å². The minimum absolute atomic E-state index is 0.0677. The Labute approximate surface area is 145 Å². The molecule has 2 aromatic rings. The fraction of sp³-hybridized carbons (Fsp3) is 0.0556. The maximum absolute atomic E-state index is 11.8. The predicted molar refractivity (Wildman–Crippen MR) is 95.3 cm³/mol. The molecular formula is C18H15N2O3S-. The van der Waals surface area contributed by atoms with Crippen LogP contribution in [-0.2, 0) is 4.79 Å². The number of anilines is 1. The molecule has 0 bridgehead atoms. The lowest BCUT2D eigenvalue weighted by molar-refractivity contribution is -0.255. The van der Waals surface area contributed by atoms with Gasteiger partial charge in [0, 0.05) is 17.3 Å². The van der Waals surface area contributed by atoms with Gasteiger partial charge in [-0.3, -0.25) is 10.1 Å². The number of thiocarbonyl (C=S) groups is 1. The Kier molecular flexibility index (Phi) is 5.81. The van der Waals surface area contributed by atoms with Gasteiger partial charge in [-0.1, -0.05) is 42.5 Å². The van der Waals surface area contributed by atoms with Gasteiger partial charge in [-0.2, -0.15) is 0 Å². The number of nitrogens with one attached hydrogen (secondary N) is 2. The fourth-order valence-corrected chi connectivity index (χ4v) is 2.25. The molecule has 2 rings (SSSR count). The topological polar surface area (TPSA) is 81.3 Å². The maximum atomic E-state index is 11.8. The number of carboxylic acid groups (broad SMARTS) is 1. The number of benzene rings is 2. The average molecular weight is 339 g/mol. The third-order valence-corrected chi connectivity index (χ3v) is 3.47. The second-order valence-corrected chi connectivity index (χ2v) is 5.36. The third kappa shape index (κ3) is 4.76. The number of aromatic carboxylic acids is 1. The van der Waals surface area contributed by atoms with Crippen LogP contribution < -0.4 is 15.7 Å². The highest BCUT2D eigenvalue weighted by molar-refractivity contribution is 7.80. The van der Waals surface area contributed by atoms with E-state index in [1.165, 1.54) is 12.1 Å². The van der Waals surface area contributed by atoms with Gasteiger partial charge in [0.1, 0.15) is 0 Å². The van der Waals surface area contributed by atoms with Crippen LogP contribution >= 0.6 is 12.2 Å². The van der Waals surface area contributed by atoms with E-state index < -0.39 is 5.97 Å². The van der Waals surface area contributed by atoms with Crippen LogP contribution in [0, 0.1) is 6.92 Å². The zero-order valence-corrected chi connectivity index (χ0v) is 13.7. The van der Waals surface area contributed by atoms with Gasteiger partial charge in [-0.15, -0.1) is 0 Å². The number of carbonyl (C=O) groups excluding carboxylic acids is 2. The van der Waals surface area contributed by atoms with E-state index in [1.54, 1.807) is 25.1 Å². The van der Waals surface area contributed by atoms with Gasteiger partial charge in [0.05, 0.1) is 5.97 Å². The van der Waals surface area contributed by atoms with E-state index in [4.69, 9.17) is 12.2 Å². The zero-order chi connectivity index (χ0) is 17.5. The molecule has 0 unspecified atom stereocenters. The molecule has 5 nitrogen and oxygen atoms in total. The molecule has 0 spiro atoms. The van der Waals surface area contributed by atoms with E-state index in [-0.39, 0.29) is 16.6 Å². The van der Waals surface area contributed by atoms with Gasteiger partial charge in [0.15, 0.2) is 5.11 Å². The van der Waals surface area contributed by atoms with Crippen molar-refractivity contribution in [2.24, 2.45) is 0 Å². The second-order valence-electron chi connectivity index (χ2n) is 4.95. The highest BCUT2D eigenvalue weighted by Gasteiger charge is 2.07. The summed E-state index contributed by atoms with van der Waals surface area (Å²) in [6.07, 6.45) is 3.04. The smallest absolute Gasteiger partial charge is 0.250 e. The summed E-state index contributed by atoms with van der Waals surface area (Å²) in [5.41, 5.74) is 1.94. The standard InChI is InChI=1S/C18H16N2O3S/c1-12-14(17(22)23)8-5-9-15(12)19-18(24)20-16(21)11-10-13-6-3-2-4-7-13/h2-11H,1H3,(H,22,23)(H2,19,20,21,24)/p-1/b11-10+. The van der Waals surface area contributed by atoms with Crippen molar-refractivity contribution in [3.8, 4) is 0 Å². The molecule has 0 aliphatic heterocycles. The van der Waals surface area contributed by atoms with Gasteiger partial charge in [-0.05, 0) is 42.4 Å². The Morgan fingerprint density at radius 3 is 2.46 bits per heavy atom. The van der Waals surface area contributed by atoms with E-state index in [2.05, 4.69) is 10.6 Å². The first-order valence-electron chi connectivity index (χ1n) is 7.13. The SMILES string of the molecule is Cc1c(NC(=S)NC(=O)/C=C/c2ccccc2)cccc1C(=O)[O-]. The molecule has 0 saturated carbocycles. The highest BCUT2D eigenvalue weighted by Crippen LogP contribution is 2.18. The number of rotatable bonds is 4. The number of carboxylic acids is 1. The highest BCUT2D eigenvalue weighted by atomic mass is 32.1. The number of hydrogen-bond acceptors (Lipinski definition) is 4. The molecule has 0 atom stereocenters. The first-order valence-corrected chi connectivity index (χ1v) is 7.54. The van der Waals surface area contributed by atoms with Gasteiger partial charge in [0.2, 0.25) is 5.91 Å². The lowest BCUT2D eigenvalue weighted by Gasteiger charge is -2.14. The third-order valence-electron chi connectivity index (χ3n) is 3.27. The molecule has 24 heavy (non-hydrogen) atoms. The Balaban J connectivity index is 1.98.